The Balaban J connectivity index is 4.58. The van der Waals surface area contributed by atoms with Gasteiger partial charge in [0, 0.05) is 6.42 Å². The maximum atomic E-state index is 12.0. The largest absolute Gasteiger partial charge is 0.756 e. The predicted octanol–water partition coefficient (Wildman–Crippen LogP) is 3.09. The highest BCUT2D eigenvalue weighted by Crippen LogP contribution is 2.38. The minimum Gasteiger partial charge on any atom is -0.756 e. The fourth-order valence-corrected chi connectivity index (χ4v) is 3.17. The molecule has 0 saturated carbocycles. The lowest BCUT2D eigenvalue weighted by atomic mass is 10.1. The first-order chi connectivity index (χ1) is 15.0. The molecule has 32 heavy (non-hydrogen) atoms. The summed E-state index contributed by atoms with van der Waals surface area (Å²) >= 11 is 0. The average molecular weight is 475 g/mol. The maximum absolute atomic E-state index is 12.0. The Morgan fingerprint density at radius 1 is 1.03 bits per heavy atom. The molecule has 0 saturated heterocycles. The van der Waals surface area contributed by atoms with Crippen molar-refractivity contribution in [1.29, 1.82) is 0 Å². The van der Waals surface area contributed by atoms with Gasteiger partial charge in [0.05, 0.1) is 39.9 Å². The lowest BCUT2D eigenvalue weighted by Gasteiger charge is -2.29. The second-order valence-corrected chi connectivity index (χ2v) is 9.95. The number of unbranched alkanes of at least 4 members (excludes halogenated alkanes) is 2. The number of hydrogen-bond acceptors (Lipinski definition) is 6. The Labute approximate surface area is 194 Å². The number of carbonyl (C=O) groups is 1. The molecule has 0 radical (unpaired) electrons. The number of nitrogens with one attached hydrogen (secondary N) is 1. The molecule has 0 heterocycles. The van der Waals surface area contributed by atoms with Crippen LogP contribution in [0.5, 0.6) is 0 Å². The van der Waals surface area contributed by atoms with Gasteiger partial charge in [-0.3, -0.25) is 9.36 Å². The molecule has 1 amide bonds. The number of phosphoric ester groups is 1. The van der Waals surface area contributed by atoms with Crippen LogP contribution in [0, 0.1) is 0 Å². The van der Waals surface area contributed by atoms with Crippen molar-refractivity contribution in [2.45, 2.75) is 64.5 Å². The average Bonchev–Trinajstić information content (AvgIpc) is 2.70. The van der Waals surface area contributed by atoms with Crippen molar-refractivity contribution < 1.29 is 32.9 Å². The molecule has 0 spiro atoms. The molecular formula is C23H43N2O6P. The minimum atomic E-state index is -4.54. The van der Waals surface area contributed by atoms with Gasteiger partial charge in [0.1, 0.15) is 13.2 Å². The molecule has 0 aliphatic rings. The fourth-order valence-electron chi connectivity index (χ4n) is 2.44. The van der Waals surface area contributed by atoms with Gasteiger partial charge < -0.3 is 28.8 Å². The molecule has 186 valence electrons. The van der Waals surface area contributed by atoms with Gasteiger partial charge in [-0.2, -0.15) is 0 Å². The van der Waals surface area contributed by atoms with Crippen molar-refractivity contribution in [3.05, 3.63) is 36.5 Å². The number of hydrogen-bond donors (Lipinski definition) is 2. The van der Waals surface area contributed by atoms with Crippen LogP contribution in [0.3, 0.4) is 0 Å². The summed E-state index contributed by atoms with van der Waals surface area (Å²) < 4.78 is 22.3. The van der Waals surface area contributed by atoms with Crippen LogP contribution in [-0.4, -0.2) is 68.5 Å². The maximum Gasteiger partial charge on any atom is 0.268 e. The van der Waals surface area contributed by atoms with E-state index in [-0.39, 0.29) is 18.9 Å². The van der Waals surface area contributed by atoms with Gasteiger partial charge in [-0.25, -0.2) is 0 Å². The number of quaternary nitrogens is 1. The zero-order chi connectivity index (χ0) is 24.5. The van der Waals surface area contributed by atoms with Crippen LogP contribution in [0.1, 0.15) is 52.4 Å². The third kappa shape index (κ3) is 18.3. The highest BCUT2D eigenvalue weighted by atomic mass is 31.2. The summed E-state index contributed by atoms with van der Waals surface area (Å²) in [5.74, 6) is -0.308. The zero-order valence-electron chi connectivity index (χ0n) is 20.4. The molecule has 0 aliphatic heterocycles. The lowest BCUT2D eigenvalue weighted by molar-refractivity contribution is -0.870. The summed E-state index contributed by atoms with van der Waals surface area (Å²) in [6.07, 6.45) is 15.7. The van der Waals surface area contributed by atoms with E-state index in [2.05, 4.69) is 36.5 Å². The van der Waals surface area contributed by atoms with Gasteiger partial charge in [-0.05, 0) is 32.1 Å². The first kappa shape index (κ1) is 30.7. The van der Waals surface area contributed by atoms with Gasteiger partial charge >= 0.3 is 0 Å². The fraction of sp³-hybridized carbons (Fsp3) is 0.696. The van der Waals surface area contributed by atoms with Gasteiger partial charge in [0.15, 0.2) is 0 Å². The van der Waals surface area contributed by atoms with Crippen LogP contribution >= 0.6 is 7.82 Å². The number of carbonyl (C=O) groups excluding carboxylic acids is 1. The van der Waals surface area contributed by atoms with Gasteiger partial charge in [-0.15, -0.1) is 0 Å². The normalized spacial score (nSPS) is 16.6. The SMILES string of the molecule is CC/C=C/CC/C=C/CC/C=C/C(O)C(COP(=O)([O-])OCC[N+](C)(C)C)NC(=O)CC. The molecule has 0 bridgehead atoms. The molecular weight excluding hydrogens is 431 g/mol. The topological polar surface area (TPSA) is 108 Å². The summed E-state index contributed by atoms with van der Waals surface area (Å²) in [5.41, 5.74) is 0. The highest BCUT2D eigenvalue weighted by Gasteiger charge is 2.22. The molecule has 2 N–H and O–H groups in total. The molecule has 3 unspecified atom stereocenters. The van der Waals surface area contributed by atoms with Crippen molar-refractivity contribution in [2.75, 3.05) is 40.9 Å². The van der Waals surface area contributed by atoms with Crippen molar-refractivity contribution in [3.63, 3.8) is 0 Å². The van der Waals surface area contributed by atoms with E-state index in [1.807, 2.05) is 27.2 Å². The number of amides is 1. The van der Waals surface area contributed by atoms with Crippen LogP contribution in [0.4, 0.5) is 0 Å². The summed E-state index contributed by atoms with van der Waals surface area (Å²) in [6, 6.07) is -0.899. The zero-order valence-corrected chi connectivity index (χ0v) is 21.3. The van der Waals surface area contributed by atoms with Gasteiger partial charge in [0.25, 0.3) is 7.82 Å². The van der Waals surface area contributed by atoms with Crippen molar-refractivity contribution >= 4 is 13.7 Å². The monoisotopic (exact) mass is 474 g/mol. The third-order valence-electron chi connectivity index (χ3n) is 4.41. The summed E-state index contributed by atoms with van der Waals surface area (Å²) in [7, 11) is 1.21. The number of aliphatic hydroxyl groups excluding tert-OH is 1. The number of phosphoric acid groups is 1. The molecule has 0 aromatic rings. The molecule has 3 atom stereocenters. The third-order valence-corrected chi connectivity index (χ3v) is 5.37. The number of nitrogens with zero attached hydrogens (tertiary/aromatic N) is 1. The molecule has 9 heteroatoms. The smallest absolute Gasteiger partial charge is 0.268 e. The molecule has 8 nitrogen and oxygen atoms in total. The van der Waals surface area contributed by atoms with Crippen molar-refractivity contribution in [1.82, 2.24) is 5.32 Å². The number of aliphatic hydroxyl groups is 1. The van der Waals surface area contributed by atoms with E-state index in [4.69, 9.17) is 9.05 Å². The van der Waals surface area contributed by atoms with E-state index in [0.717, 1.165) is 32.1 Å². The number of rotatable bonds is 18. The first-order valence-corrected chi connectivity index (χ1v) is 12.8. The van der Waals surface area contributed by atoms with E-state index in [0.29, 0.717) is 11.0 Å². The Morgan fingerprint density at radius 3 is 2.12 bits per heavy atom. The Kier molecular flexibility index (Phi) is 16.5. The van der Waals surface area contributed by atoms with E-state index >= 15 is 0 Å². The minimum absolute atomic E-state index is 0.0128. The van der Waals surface area contributed by atoms with Crippen LogP contribution in [0.2, 0.25) is 0 Å². The summed E-state index contributed by atoms with van der Waals surface area (Å²) in [4.78, 5) is 23.8. The van der Waals surface area contributed by atoms with Crippen LogP contribution in [0.25, 0.3) is 0 Å². The molecule has 0 aromatic heterocycles. The quantitative estimate of drug-likeness (QED) is 0.137. The van der Waals surface area contributed by atoms with Crippen LogP contribution in [-0.2, 0) is 18.4 Å². The van der Waals surface area contributed by atoms with E-state index in [1.54, 1.807) is 13.0 Å². The van der Waals surface area contributed by atoms with Crippen molar-refractivity contribution in [2.24, 2.45) is 0 Å². The number of likely N-dealkylation sites (N-methyl/N-ethyl adjacent to an activating group) is 1. The predicted molar refractivity (Wildman–Crippen MR) is 127 cm³/mol. The Bertz CT molecular complexity index is 643. The summed E-state index contributed by atoms with van der Waals surface area (Å²) in [5, 5.41) is 13.0. The second-order valence-electron chi connectivity index (χ2n) is 8.54. The van der Waals surface area contributed by atoms with Crippen LogP contribution < -0.4 is 10.2 Å². The molecule has 0 aromatic carbocycles. The lowest BCUT2D eigenvalue weighted by Crippen LogP contribution is -2.45. The molecule has 0 rings (SSSR count). The van der Waals surface area contributed by atoms with Crippen molar-refractivity contribution in [3.8, 4) is 0 Å². The molecule has 0 fully saturated rings. The summed E-state index contributed by atoms with van der Waals surface area (Å²) in [6.45, 7) is 3.85. The van der Waals surface area contributed by atoms with Gasteiger partial charge in [0.2, 0.25) is 5.91 Å². The van der Waals surface area contributed by atoms with E-state index in [9.17, 15) is 19.4 Å². The number of allylic oxidation sites excluding steroid dienone is 5. The highest BCUT2D eigenvalue weighted by molar-refractivity contribution is 7.45. The molecule has 0 aliphatic carbocycles. The standard InChI is InChI=1S/C23H43N2O6P/c1-6-8-9-10-11-12-13-14-15-16-17-22(26)21(24-23(27)7-2)20-31-32(28,29)30-19-18-25(3,4)5/h8-9,12-13,16-17,21-22,26H,6-7,10-11,14-15,18-20H2,1-5H3,(H-,24,27,28,29)/b9-8+,13-12+,17-16+. The Hall–Kier alpha value is -1.28. The second kappa shape index (κ2) is 17.2. The van der Waals surface area contributed by atoms with Gasteiger partial charge in [-0.1, -0.05) is 50.3 Å². The van der Waals surface area contributed by atoms with E-state index < -0.39 is 26.6 Å². The van der Waals surface area contributed by atoms with E-state index in [1.165, 1.54) is 0 Å². The first-order valence-electron chi connectivity index (χ1n) is 11.4. The Morgan fingerprint density at radius 2 is 1.59 bits per heavy atom. The van der Waals surface area contributed by atoms with Crippen LogP contribution in [0.15, 0.2) is 36.5 Å².